The van der Waals surface area contributed by atoms with Crippen molar-refractivity contribution in [1.29, 1.82) is 0 Å². The van der Waals surface area contributed by atoms with Crippen molar-refractivity contribution in [2.45, 2.75) is 13.8 Å². The van der Waals surface area contributed by atoms with Gasteiger partial charge in [-0.1, -0.05) is 0 Å². The van der Waals surface area contributed by atoms with Crippen LogP contribution in [-0.2, 0) is 4.74 Å². The minimum atomic E-state index is -0.360. The van der Waals surface area contributed by atoms with Crippen LogP contribution in [0.3, 0.4) is 0 Å². The number of carbonyl (C=O) groups excluding carboxylic acids is 1. The van der Waals surface area contributed by atoms with Gasteiger partial charge in [0.1, 0.15) is 0 Å². The van der Waals surface area contributed by atoms with E-state index in [-0.39, 0.29) is 6.09 Å². The molecule has 3 nitrogen and oxygen atoms in total. The molecular formula is C8H10NO2. The molecule has 0 atom stereocenters. The third-order valence-corrected chi connectivity index (χ3v) is 1.54. The average Bonchev–Trinajstić information content (AvgIpc) is 2.30. The molecular weight excluding hydrogens is 142 g/mol. The van der Waals surface area contributed by atoms with Gasteiger partial charge < -0.3 is 4.74 Å². The van der Waals surface area contributed by atoms with Gasteiger partial charge in [0.25, 0.3) is 0 Å². The van der Waals surface area contributed by atoms with E-state index in [1.807, 2.05) is 13.8 Å². The van der Waals surface area contributed by atoms with Gasteiger partial charge in [0.2, 0.25) is 0 Å². The second kappa shape index (κ2) is 2.78. The van der Waals surface area contributed by atoms with Crippen LogP contribution in [0.1, 0.15) is 11.4 Å². The van der Waals surface area contributed by atoms with Gasteiger partial charge in [-0.25, -0.2) is 4.79 Å². The molecule has 0 aliphatic rings. The summed E-state index contributed by atoms with van der Waals surface area (Å²) in [6.45, 7) is 3.64. The summed E-state index contributed by atoms with van der Waals surface area (Å²) >= 11 is 0. The molecule has 1 heterocycles. The van der Waals surface area contributed by atoms with Gasteiger partial charge in [0, 0.05) is 17.5 Å². The Hall–Kier alpha value is -1.25. The predicted molar refractivity (Wildman–Crippen MR) is 40.5 cm³/mol. The quantitative estimate of drug-likeness (QED) is 0.564. The molecule has 59 valence electrons. The molecule has 11 heavy (non-hydrogen) atoms. The van der Waals surface area contributed by atoms with Crippen molar-refractivity contribution in [3.8, 4) is 0 Å². The molecule has 0 bridgehead atoms. The van der Waals surface area contributed by atoms with E-state index in [0.717, 1.165) is 11.4 Å². The largest absolute Gasteiger partial charge is 0.452 e. The number of nitrogens with zero attached hydrogens (tertiary/aromatic N) is 1. The highest BCUT2D eigenvalue weighted by Gasteiger charge is 2.08. The molecule has 0 unspecified atom stereocenters. The zero-order valence-electron chi connectivity index (χ0n) is 6.84. The number of hydrogen-bond donors (Lipinski definition) is 0. The fraction of sp³-hybridized carbons (Fsp3) is 0.375. The molecule has 3 heteroatoms. The van der Waals surface area contributed by atoms with Crippen molar-refractivity contribution >= 4 is 6.09 Å². The highest BCUT2D eigenvalue weighted by molar-refractivity contribution is 5.72. The Kier molecular flexibility index (Phi) is 1.98. The molecule has 0 aliphatic carbocycles. The van der Waals surface area contributed by atoms with Crippen molar-refractivity contribution in [1.82, 2.24) is 4.57 Å². The molecule has 0 fully saturated rings. The zero-order chi connectivity index (χ0) is 8.43. The molecule has 0 aliphatic heterocycles. The van der Waals surface area contributed by atoms with Crippen LogP contribution in [0.2, 0.25) is 0 Å². The number of ether oxygens (including phenoxy) is 1. The number of methoxy groups -OCH3 is 1. The topological polar surface area (TPSA) is 31.2 Å². The molecule has 1 radical (unpaired) electrons. The van der Waals surface area contributed by atoms with Gasteiger partial charge in [-0.3, -0.25) is 4.57 Å². The van der Waals surface area contributed by atoms with Crippen LogP contribution in [0.4, 0.5) is 4.79 Å². The summed E-state index contributed by atoms with van der Waals surface area (Å²) in [6, 6.07) is 4.67. The molecule has 0 amide bonds. The van der Waals surface area contributed by atoms with E-state index in [2.05, 4.69) is 10.8 Å². The summed E-state index contributed by atoms with van der Waals surface area (Å²) in [4.78, 5) is 11.0. The summed E-state index contributed by atoms with van der Waals surface area (Å²) in [5.74, 6) is 0. The maximum Gasteiger partial charge on any atom is 0.418 e. The fourth-order valence-corrected chi connectivity index (χ4v) is 0.975. The first-order chi connectivity index (χ1) is 5.16. The summed E-state index contributed by atoms with van der Waals surface area (Å²) in [6.07, 6.45) is -0.360. The normalized spacial score (nSPS) is 9.73. The summed E-state index contributed by atoms with van der Waals surface area (Å²) in [7, 11) is 1.36. The highest BCUT2D eigenvalue weighted by atomic mass is 16.5. The number of rotatable bonds is 0. The number of carbonyl (C=O) groups is 1. The Morgan fingerprint density at radius 1 is 1.64 bits per heavy atom. The first kappa shape index (κ1) is 7.85. The first-order valence-corrected chi connectivity index (χ1v) is 3.31. The monoisotopic (exact) mass is 152 g/mol. The van der Waals surface area contributed by atoms with Gasteiger partial charge in [-0.05, 0) is 19.9 Å². The third kappa shape index (κ3) is 1.27. The van der Waals surface area contributed by atoms with Crippen molar-refractivity contribution in [3.05, 3.63) is 23.5 Å². The molecule has 1 rings (SSSR count). The Morgan fingerprint density at radius 3 is 2.64 bits per heavy atom. The molecule has 0 N–H and O–H groups in total. The Labute approximate surface area is 65.6 Å². The van der Waals surface area contributed by atoms with Crippen molar-refractivity contribution in [2.24, 2.45) is 0 Å². The van der Waals surface area contributed by atoms with Crippen LogP contribution in [0.5, 0.6) is 0 Å². The average molecular weight is 152 g/mol. The minimum Gasteiger partial charge on any atom is -0.452 e. The molecule has 0 aromatic carbocycles. The lowest BCUT2D eigenvalue weighted by molar-refractivity contribution is 0.172. The second-order valence-electron chi connectivity index (χ2n) is 2.32. The maximum absolute atomic E-state index is 11.0. The highest BCUT2D eigenvalue weighted by Crippen LogP contribution is 2.05. The van der Waals surface area contributed by atoms with E-state index >= 15 is 0 Å². The van der Waals surface area contributed by atoms with E-state index in [9.17, 15) is 4.79 Å². The lowest BCUT2D eigenvalue weighted by Gasteiger charge is -2.03. The summed E-state index contributed by atoms with van der Waals surface area (Å²) in [5.41, 5.74) is 1.61. The third-order valence-electron chi connectivity index (χ3n) is 1.54. The fourth-order valence-electron chi connectivity index (χ4n) is 0.975. The lowest BCUT2D eigenvalue weighted by Crippen LogP contribution is -2.13. The predicted octanol–water partition coefficient (Wildman–Crippen LogP) is 1.52. The molecule has 0 spiro atoms. The molecule has 1 aromatic rings. The van der Waals surface area contributed by atoms with Crippen LogP contribution < -0.4 is 0 Å². The molecule has 1 aromatic heterocycles. The van der Waals surface area contributed by atoms with Gasteiger partial charge in [0.05, 0.1) is 7.11 Å². The maximum atomic E-state index is 11.0. The lowest BCUT2D eigenvalue weighted by atomic mass is 10.5. The number of hydrogen-bond acceptors (Lipinski definition) is 2. The first-order valence-electron chi connectivity index (χ1n) is 3.31. The Balaban J connectivity index is 3.10. The van der Waals surface area contributed by atoms with Crippen LogP contribution in [0, 0.1) is 19.9 Å². The van der Waals surface area contributed by atoms with Crippen molar-refractivity contribution in [2.75, 3.05) is 7.11 Å². The molecule has 0 saturated carbocycles. The van der Waals surface area contributed by atoms with Crippen molar-refractivity contribution in [3.63, 3.8) is 0 Å². The smallest absolute Gasteiger partial charge is 0.418 e. The second-order valence-corrected chi connectivity index (χ2v) is 2.32. The minimum absolute atomic E-state index is 0.360. The van der Waals surface area contributed by atoms with E-state index in [1.54, 1.807) is 6.07 Å². The van der Waals surface area contributed by atoms with Gasteiger partial charge in [0.15, 0.2) is 0 Å². The van der Waals surface area contributed by atoms with E-state index in [1.165, 1.54) is 11.7 Å². The van der Waals surface area contributed by atoms with Gasteiger partial charge in [-0.2, -0.15) is 0 Å². The zero-order valence-corrected chi connectivity index (χ0v) is 6.84. The summed E-state index contributed by atoms with van der Waals surface area (Å²) < 4.78 is 6.03. The van der Waals surface area contributed by atoms with Crippen LogP contribution in [0.25, 0.3) is 0 Å². The van der Waals surface area contributed by atoms with E-state index < -0.39 is 0 Å². The van der Waals surface area contributed by atoms with Crippen LogP contribution >= 0.6 is 0 Å². The number of aromatic nitrogens is 1. The summed E-state index contributed by atoms with van der Waals surface area (Å²) in [5, 5.41) is 0. The van der Waals surface area contributed by atoms with E-state index in [0.29, 0.717) is 0 Å². The SMILES string of the molecule is COC(=O)n1c(C)[c]cc1C. The van der Waals surface area contributed by atoms with Crippen LogP contribution in [0.15, 0.2) is 6.07 Å². The standard InChI is InChI=1S/C8H10NO2/c1-6-4-5-7(2)9(6)8(10)11-3/h4H,1-3H3. The van der Waals surface area contributed by atoms with Crippen LogP contribution in [-0.4, -0.2) is 17.8 Å². The number of aryl methyl sites for hydroxylation is 2. The van der Waals surface area contributed by atoms with E-state index in [4.69, 9.17) is 0 Å². The van der Waals surface area contributed by atoms with Gasteiger partial charge >= 0.3 is 6.09 Å². The van der Waals surface area contributed by atoms with Crippen molar-refractivity contribution < 1.29 is 9.53 Å². The molecule has 0 saturated heterocycles. The Morgan fingerprint density at radius 2 is 2.27 bits per heavy atom. The Bertz CT molecular complexity index is 256. The van der Waals surface area contributed by atoms with Gasteiger partial charge in [-0.15, -0.1) is 0 Å².